The van der Waals surface area contributed by atoms with Gasteiger partial charge in [-0.05, 0) is 23.6 Å². The first-order valence-electron chi connectivity index (χ1n) is 5.88. The van der Waals surface area contributed by atoms with Crippen LogP contribution in [0.1, 0.15) is 10.4 Å². The van der Waals surface area contributed by atoms with Crippen molar-refractivity contribution in [3.05, 3.63) is 52.7 Å². The zero-order chi connectivity index (χ0) is 15.7. The van der Waals surface area contributed by atoms with Crippen molar-refractivity contribution in [3.8, 4) is 9.88 Å². The van der Waals surface area contributed by atoms with Gasteiger partial charge in [0.1, 0.15) is 0 Å². The molecule has 0 bridgehead atoms. The molecule has 112 valence electrons. The van der Waals surface area contributed by atoms with Crippen molar-refractivity contribution < 1.29 is 18.0 Å². The summed E-state index contributed by atoms with van der Waals surface area (Å²) in [6, 6.07) is 5.23. The molecule has 3 rings (SSSR count). The van der Waals surface area contributed by atoms with Gasteiger partial charge >= 0.3 is 0 Å². The van der Waals surface area contributed by atoms with Crippen molar-refractivity contribution in [2.75, 3.05) is 5.32 Å². The average Bonchev–Trinajstić information content (AvgIpc) is 3.15. The van der Waals surface area contributed by atoms with E-state index in [0.29, 0.717) is 11.1 Å². The van der Waals surface area contributed by atoms with Gasteiger partial charge in [0.05, 0.1) is 10.4 Å². The minimum atomic E-state index is -1.69. The third-order valence-electron chi connectivity index (χ3n) is 2.66. The van der Waals surface area contributed by atoms with E-state index in [1.165, 1.54) is 11.3 Å². The van der Waals surface area contributed by atoms with E-state index < -0.39 is 28.9 Å². The Morgan fingerprint density at radius 3 is 2.64 bits per heavy atom. The van der Waals surface area contributed by atoms with Crippen LogP contribution in [-0.2, 0) is 0 Å². The Hall–Kier alpha value is -2.26. The summed E-state index contributed by atoms with van der Waals surface area (Å²) >= 11 is 2.55. The molecule has 0 saturated carbocycles. The number of nitrogens with zero attached hydrogens (tertiary/aromatic N) is 2. The number of thiophene rings is 1. The van der Waals surface area contributed by atoms with E-state index in [9.17, 15) is 18.0 Å². The summed E-state index contributed by atoms with van der Waals surface area (Å²) in [5.74, 6) is -5.51. The summed E-state index contributed by atoms with van der Waals surface area (Å²) in [5, 5.41) is 12.6. The predicted octanol–water partition coefficient (Wildman–Crippen LogP) is 3.94. The van der Waals surface area contributed by atoms with E-state index in [2.05, 4.69) is 15.5 Å². The third kappa shape index (κ3) is 2.72. The lowest BCUT2D eigenvalue weighted by Gasteiger charge is -2.03. The summed E-state index contributed by atoms with van der Waals surface area (Å²) in [6.45, 7) is 0. The zero-order valence-corrected chi connectivity index (χ0v) is 12.3. The molecule has 1 amide bonds. The van der Waals surface area contributed by atoms with E-state index in [1.54, 1.807) is 0 Å². The van der Waals surface area contributed by atoms with Crippen molar-refractivity contribution in [3.63, 3.8) is 0 Å². The van der Waals surface area contributed by atoms with Crippen LogP contribution in [0, 0.1) is 17.5 Å². The van der Waals surface area contributed by atoms with Crippen LogP contribution in [0.15, 0.2) is 29.6 Å². The third-order valence-corrected chi connectivity index (χ3v) is 4.53. The van der Waals surface area contributed by atoms with Gasteiger partial charge in [0.15, 0.2) is 22.5 Å². The van der Waals surface area contributed by atoms with Gasteiger partial charge in [-0.1, -0.05) is 17.4 Å². The molecule has 1 N–H and O–H groups in total. The molecule has 2 aromatic heterocycles. The fourth-order valence-electron chi connectivity index (χ4n) is 1.64. The van der Waals surface area contributed by atoms with E-state index in [4.69, 9.17) is 0 Å². The quantitative estimate of drug-likeness (QED) is 0.734. The fourth-order valence-corrected chi connectivity index (χ4v) is 3.17. The maximum atomic E-state index is 13.5. The average molecular weight is 341 g/mol. The molecule has 0 aliphatic carbocycles. The van der Waals surface area contributed by atoms with E-state index in [1.807, 2.05) is 17.5 Å². The molecule has 0 spiro atoms. The van der Waals surface area contributed by atoms with Crippen molar-refractivity contribution in [1.29, 1.82) is 0 Å². The maximum absolute atomic E-state index is 13.5. The molecule has 0 fully saturated rings. The van der Waals surface area contributed by atoms with Crippen LogP contribution < -0.4 is 5.32 Å². The van der Waals surface area contributed by atoms with Crippen molar-refractivity contribution >= 4 is 33.7 Å². The Bertz CT molecular complexity index is 833. The van der Waals surface area contributed by atoms with E-state index in [-0.39, 0.29) is 5.13 Å². The Kier molecular flexibility index (Phi) is 3.90. The number of carbonyl (C=O) groups is 1. The largest absolute Gasteiger partial charge is 0.296 e. The Morgan fingerprint density at radius 1 is 1.09 bits per heavy atom. The maximum Gasteiger partial charge on any atom is 0.260 e. The second-order valence-corrected chi connectivity index (χ2v) is 5.99. The number of nitrogens with one attached hydrogen (secondary N) is 1. The molecule has 9 heteroatoms. The van der Waals surface area contributed by atoms with Gasteiger partial charge < -0.3 is 0 Å². The highest BCUT2D eigenvalue weighted by Gasteiger charge is 2.20. The number of benzene rings is 1. The zero-order valence-electron chi connectivity index (χ0n) is 10.6. The van der Waals surface area contributed by atoms with Crippen LogP contribution in [0.25, 0.3) is 9.88 Å². The molecule has 4 nitrogen and oxygen atoms in total. The van der Waals surface area contributed by atoms with Crippen LogP contribution in [0.5, 0.6) is 0 Å². The first-order chi connectivity index (χ1) is 10.6. The molecule has 0 aliphatic heterocycles. The number of anilines is 1. The number of hydrogen-bond donors (Lipinski definition) is 1. The van der Waals surface area contributed by atoms with Crippen LogP contribution in [0.4, 0.5) is 18.3 Å². The van der Waals surface area contributed by atoms with E-state index in [0.717, 1.165) is 22.3 Å². The Morgan fingerprint density at radius 2 is 1.91 bits per heavy atom. The van der Waals surface area contributed by atoms with Crippen molar-refractivity contribution in [1.82, 2.24) is 10.2 Å². The molecule has 1 aromatic carbocycles. The highest BCUT2D eigenvalue weighted by atomic mass is 32.1. The van der Waals surface area contributed by atoms with Crippen LogP contribution in [-0.4, -0.2) is 16.1 Å². The predicted molar refractivity (Wildman–Crippen MR) is 77.5 cm³/mol. The monoisotopic (exact) mass is 341 g/mol. The lowest BCUT2D eigenvalue weighted by molar-refractivity contribution is 0.102. The number of amides is 1. The molecule has 0 unspecified atom stereocenters. The highest BCUT2D eigenvalue weighted by Crippen LogP contribution is 2.30. The van der Waals surface area contributed by atoms with Gasteiger partial charge in [0.2, 0.25) is 5.13 Å². The molecular weight excluding hydrogens is 335 g/mol. The van der Waals surface area contributed by atoms with Gasteiger partial charge in [-0.3, -0.25) is 10.1 Å². The van der Waals surface area contributed by atoms with Gasteiger partial charge in [0.25, 0.3) is 5.91 Å². The van der Waals surface area contributed by atoms with Crippen molar-refractivity contribution in [2.45, 2.75) is 0 Å². The Labute approximate surface area is 130 Å². The molecule has 3 aromatic rings. The topological polar surface area (TPSA) is 54.9 Å². The lowest BCUT2D eigenvalue weighted by Crippen LogP contribution is -2.15. The number of aromatic nitrogens is 2. The molecule has 0 saturated heterocycles. The first kappa shape index (κ1) is 14.7. The van der Waals surface area contributed by atoms with Gasteiger partial charge in [-0.15, -0.1) is 21.5 Å². The minimum absolute atomic E-state index is 0.137. The van der Waals surface area contributed by atoms with E-state index >= 15 is 0 Å². The summed E-state index contributed by atoms with van der Waals surface area (Å²) in [7, 11) is 0. The fraction of sp³-hybridized carbons (Fsp3) is 0. The first-order valence-corrected chi connectivity index (χ1v) is 7.58. The number of rotatable bonds is 3. The molecule has 22 heavy (non-hydrogen) atoms. The standard InChI is InChI=1S/C13H6F3N3OS2/c14-7-4-3-6(9(15)10(7)16)11(20)17-13-19-18-12(22-13)8-2-1-5-21-8/h1-5H,(H,17,19,20). The summed E-state index contributed by atoms with van der Waals surface area (Å²) in [5.41, 5.74) is -0.605. The highest BCUT2D eigenvalue weighted by molar-refractivity contribution is 7.23. The molecule has 0 aliphatic rings. The summed E-state index contributed by atoms with van der Waals surface area (Å²) in [4.78, 5) is 12.8. The van der Waals surface area contributed by atoms with Gasteiger partial charge in [-0.25, -0.2) is 13.2 Å². The number of halogens is 3. The lowest BCUT2D eigenvalue weighted by atomic mass is 10.2. The van der Waals surface area contributed by atoms with Crippen LogP contribution >= 0.6 is 22.7 Å². The molecule has 0 radical (unpaired) electrons. The Balaban J connectivity index is 1.82. The second kappa shape index (κ2) is 5.85. The molecular formula is C13H6F3N3OS2. The number of hydrogen-bond acceptors (Lipinski definition) is 5. The van der Waals surface area contributed by atoms with Crippen LogP contribution in [0.2, 0.25) is 0 Å². The van der Waals surface area contributed by atoms with Gasteiger partial charge in [0, 0.05) is 0 Å². The number of carbonyl (C=O) groups excluding carboxylic acids is 1. The second-order valence-electron chi connectivity index (χ2n) is 4.07. The smallest absolute Gasteiger partial charge is 0.260 e. The minimum Gasteiger partial charge on any atom is -0.296 e. The van der Waals surface area contributed by atoms with Gasteiger partial charge in [-0.2, -0.15) is 0 Å². The SMILES string of the molecule is O=C(Nc1nnc(-c2cccs2)s1)c1ccc(F)c(F)c1F. The molecule has 2 heterocycles. The molecule has 0 atom stereocenters. The van der Waals surface area contributed by atoms with Crippen molar-refractivity contribution in [2.24, 2.45) is 0 Å². The summed E-state index contributed by atoms with van der Waals surface area (Å²) < 4.78 is 39.5. The summed E-state index contributed by atoms with van der Waals surface area (Å²) in [6.07, 6.45) is 0. The normalized spacial score (nSPS) is 10.7. The van der Waals surface area contributed by atoms with Crippen LogP contribution in [0.3, 0.4) is 0 Å².